The zero-order valence-electron chi connectivity index (χ0n) is 26.5. The highest BCUT2D eigenvalue weighted by Crippen LogP contribution is 2.33. The number of likely N-dealkylation sites (tertiary alicyclic amines) is 1. The predicted molar refractivity (Wildman–Crippen MR) is 172 cm³/mol. The number of nitrogens with zero attached hydrogens (tertiary/aromatic N) is 5. The molecular weight excluding hydrogens is 526 g/mol. The van der Waals surface area contributed by atoms with Gasteiger partial charge in [0.15, 0.2) is 0 Å². The number of hydrogen-bond donors (Lipinski definition) is 2. The monoisotopic (exact) mass is 581 g/mol. The minimum Gasteiger partial charge on any atom is -0.379 e. The van der Waals surface area contributed by atoms with E-state index in [1.54, 1.807) is 6.33 Å². The fourth-order valence-corrected chi connectivity index (χ4v) is 5.65. The number of rotatable bonds is 8. The number of nitrogens with one attached hydrogen (secondary N) is 2. The summed E-state index contributed by atoms with van der Waals surface area (Å²) in [4.78, 5) is 29.7. The molecule has 2 saturated heterocycles. The van der Waals surface area contributed by atoms with Gasteiger partial charge in [-0.15, -0.1) is 0 Å². The number of hydrogen-bond acceptors (Lipinski definition) is 8. The van der Waals surface area contributed by atoms with Crippen LogP contribution >= 0.6 is 0 Å². The number of morpholine rings is 1. The minimum atomic E-state index is 0. The van der Waals surface area contributed by atoms with Gasteiger partial charge in [0.25, 0.3) is 0 Å². The molecule has 42 heavy (non-hydrogen) atoms. The van der Waals surface area contributed by atoms with Crippen molar-refractivity contribution in [3.63, 3.8) is 0 Å². The zero-order valence-corrected chi connectivity index (χ0v) is 26.5. The SMILES string of the molecule is CC(C)(C)c1cc(NC2CC(N3CCOCC3)C2)ncn1.CCC(C)(C)c1cc(NC2CN(C(=O)C3CC3)C2)ccn1.[HH].[HH]. The van der Waals surface area contributed by atoms with Gasteiger partial charge < -0.3 is 20.3 Å². The van der Waals surface area contributed by atoms with E-state index in [2.05, 4.69) is 84.2 Å². The fourth-order valence-electron chi connectivity index (χ4n) is 5.65. The summed E-state index contributed by atoms with van der Waals surface area (Å²) in [7, 11) is 0. The summed E-state index contributed by atoms with van der Waals surface area (Å²) in [6.07, 6.45) is 9.20. The molecule has 2 saturated carbocycles. The normalized spacial score (nSPS) is 23.2. The summed E-state index contributed by atoms with van der Waals surface area (Å²) < 4.78 is 5.41. The number of amides is 1. The summed E-state index contributed by atoms with van der Waals surface area (Å²) in [5.74, 6) is 1.65. The van der Waals surface area contributed by atoms with Crippen LogP contribution in [-0.4, -0.2) is 88.2 Å². The Balaban J connectivity index is 0.000000230. The highest BCUT2D eigenvalue weighted by atomic mass is 16.5. The second kappa shape index (κ2) is 12.8. The van der Waals surface area contributed by atoms with Gasteiger partial charge in [-0.3, -0.25) is 14.7 Å². The molecule has 4 heterocycles. The molecule has 6 rings (SSSR count). The molecule has 2 aliphatic carbocycles. The molecule has 9 nitrogen and oxygen atoms in total. The molecule has 0 bridgehead atoms. The summed E-state index contributed by atoms with van der Waals surface area (Å²) in [5.41, 5.74) is 3.50. The van der Waals surface area contributed by atoms with Crippen molar-refractivity contribution in [3.8, 4) is 0 Å². The van der Waals surface area contributed by atoms with E-state index in [1.807, 2.05) is 17.2 Å². The molecule has 0 aromatic carbocycles. The molecule has 234 valence electrons. The van der Waals surface area contributed by atoms with Gasteiger partial charge in [-0.25, -0.2) is 9.97 Å². The number of anilines is 2. The molecule has 2 N–H and O–H groups in total. The van der Waals surface area contributed by atoms with E-state index in [1.165, 1.54) is 12.8 Å². The first-order valence-electron chi connectivity index (χ1n) is 15.9. The third-order valence-electron chi connectivity index (χ3n) is 9.29. The minimum absolute atomic E-state index is 0. The van der Waals surface area contributed by atoms with E-state index in [9.17, 15) is 4.79 Å². The zero-order chi connectivity index (χ0) is 29.9. The Labute approximate surface area is 255 Å². The Hall–Kier alpha value is -2.78. The lowest BCUT2D eigenvalue weighted by Crippen LogP contribution is -2.57. The van der Waals surface area contributed by atoms with E-state index >= 15 is 0 Å². The first kappa shape index (κ1) is 30.7. The second-order valence-corrected chi connectivity index (χ2v) is 14.2. The molecular formula is C33H55N7O2. The van der Waals surface area contributed by atoms with E-state index < -0.39 is 0 Å². The van der Waals surface area contributed by atoms with Crippen molar-refractivity contribution < 1.29 is 12.4 Å². The van der Waals surface area contributed by atoms with Crippen LogP contribution in [0.2, 0.25) is 0 Å². The maximum Gasteiger partial charge on any atom is 0.225 e. The highest BCUT2D eigenvalue weighted by Gasteiger charge is 2.39. The number of carbonyl (C=O) groups is 1. The molecule has 4 aliphatic rings. The largest absolute Gasteiger partial charge is 0.379 e. The van der Waals surface area contributed by atoms with Crippen molar-refractivity contribution in [2.45, 2.75) is 103 Å². The van der Waals surface area contributed by atoms with Crippen molar-refractivity contribution in [2.24, 2.45) is 5.92 Å². The smallest absolute Gasteiger partial charge is 0.225 e. The first-order chi connectivity index (χ1) is 20.0. The molecule has 0 unspecified atom stereocenters. The quantitative estimate of drug-likeness (QED) is 0.431. The van der Waals surface area contributed by atoms with E-state index in [0.29, 0.717) is 23.9 Å². The van der Waals surface area contributed by atoms with Gasteiger partial charge >= 0.3 is 0 Å². The Kier molecular flexibility index (Phi) is 9.38. The number of ether oxygens (including phenoxy) is 1. The van der Waals surface area contributed by atoms with Gasteiger partial charge in [-0.2, -0.15) is 0 Å². The topological polar surface area (TPSA) is 95.5 Å². The van der Waals surface area contributed by atoms with E-state index in [-0.39, 0.29) is 13.7 Å². The third kappa shape index (κ3) is 7.78. The molecule has 9 heteroatoms. The van der Waals surface area contributed by atoms with Gasteiger partial charge in [0.1, 0.15) is 12.1 Å². The molecule has 4 fully saturated rings. The molecule has 0 atom stereocenters. The average molecular weight is 582 g/mol. The molecule has 2 aromatic rings. The highest BCUT2D eigenvalue weighted by molar-refractivity contribution is 5.82. The number of aromatic nitrogens is 3. The average Bonchev–Trinajstić information content (AvgIpc) is 3.78. The Morgan fingerprint density at radius 3 is 2.33 bits per heavy atom. The Morgan fingerprint density at radius 2 is 1.69 bits per heavy atom. The van der Waals surface area contributed by atoms with Crippen LogP contribution in [0.25, 0.3) is 0 Å². The molecule has 1 amide bonds. The lowest BCUT2D eigenvalue weighted by molar-refractivity contribution is -0.136. The summed E-state index contributed by atoms with van der Waals surface area (Å²) in [6, 6.07) is 7.89. The van der Waals surface area contributed by atoms with Crippen molar-refractivity contribution in [2.75, 3.05) is 50.0 Å². The fraction of sp³-hybridized carbons (Fsp3) is 0.697. The van der Waals surface area contributed by atoms with Gasteiger partial charge in [-0.05, 0) is 44.2 Å². The van der Waals surface area contributed by atoms with Gasteiger partial charge in [0, 0.05) is 81.5 Å². The van der Waals surface area contributed by atoms with Crippen LogP contribution in [0.1, 0.15) is 87.9 Å². The Bertz CT molecular complexity index is 1200. The van der Waals surface area contributed by atoms with Crippen LogP contribution in [0.15, 0.2) is 30.7 Å². The van der Waals surface area contributed by atoms with E-state index in [4.69, 9.17) is 4.74 Å². The standard InChI is InChI=1S/C17H25N3O.C16H26N4O.2H2/c1-4-17(2,3)15-9-13(7-8-18-15)19-14-10-20(11-14)16(21)12-5-6-12;1-16(2,3)14-10-15(18-11-17-14)19-12-8-13(9-12)20-4-6-21-7-5-20;;/h7-9,12,14H,4-6,10-11H2,1-3H3,(H,18,19);10-13H,4-9H2,1-3H3,(H,17,18,19);2*1H. The molecule has 0 spiro atoms. The van der Waals surface area contributed by atoms with Crippen molar-refractivity contribution >= 4 is 17.4 Å². The van der Waals surface area contributed by atoms with Gasteiger partial charge in [-0.1, -0.05) is 41.5 Å². The lowest BCUT2D eigenvalue weighted by atomic mass is 9.85. The Morgan fingerprint density at radius 1 is 0.976 bits per heavy atom. The van der Waals surface area contributed by atoms with Crippen LogP contribution in [0.5, 0.6) is 0 Å². The van der Waals surface area contributed by atoms with Gasteiger partial charge in [0.2, 0.25) is 5.91 Å². The molecule has 2 aromatic heterocycles. The predicted octanol–water partition coefficient (Wildman–Crippen LogP) is 5.34. The van der Waals surface area contributed by atoms with Crippen LogP contribution in [0.4, 0.5) is 11.5 Å². The first-order valence-corrected chi connectivity index (χ1v) is 15.9. The molecule has 2 aliphatic heterocycles. The maximum absolute atomic E-state index is 11.9. The van der Waals surface area contributed by atoms with Gasteiger partial charge in [0.05, 0.1) is 24.9 Å². The van der Waals surface area contributed by atoms with E-state index in [0.717, 1.165) is 87.6 Å². The van der Waals surface area contributed by atoms with Crippen molar-refractivity contribution in [1.29, 1.82) is 0 Å². The van der Waals surface area contributed by atoms with Crippen LogP contribution in [0.3, 0.4) is 0 Å². The van der Waals surface area contributed by atoms with Crippen LogP contribution < -0.4 is 10.6 Å². The number of pyridine rings is 1. The lowest BCUT2D eigenvalue weighted by Gasteiger charge is -2.44. The van der Waals surface area contributed by atoms with Crippen LogP contribution in [-0.2, 0) is 20.4 Å². The maximum atomic E-state index is 11.9. The summed E-state index contributed by atoms with van der Waals surface area (Å²) >= 11 is 0. The van der Waals surface area contributed by atoms with Crippen molar-refractivity contribution in [3.05, 3.63) is 42.1 Å². The summed E-state index contributed by atoms with van der Waals surface area (Å²) in [6.45, 7) is 18.8. The third-order valence-corrected chi connectivity index (χ3v) is 9.29. The summed E-state index contributed by atoms with van der Waals surface area (Å²) in [5, 5.41) is 7.08. The van der Waals surface area contributed by atoms with Crippen LogP contribution in [0, 0.1) is 5.92 Å². The second-order valence-electron chi connectivity index (χ2n) is 14.2. The molecule has 0 radical (unpaired) electrons. The number of carbonyl (C=O) groups excluding carboxylic acids is 1. The van der Waals surface area contributed by atoms with Crippen molar-refractivity contribution in [1.82, 2.24) is 24.8 Å².